The Kier molecular flexibility index (Phi) is 4.50. The summed E-state index contributed by atoms with van der Waals surface area (Å²) in [5.74, 6) is 0. The quantitative estimate of drug-likeness (QED) is 0.610. The van der Waals surface area contributed by atoms with Crippen LogP contribution >= 0.6 is 0 Å². The average molecular weight is 308 g/mol. The molecule has 122 valence electrons. The van der Waals surface area contributed by atoms with Crippen molar-refractivity contribution in [3.63, 3.8) is 0 Å². The highest BCUT2D eigenvalue weighted by atomic mass is 15.0. The van der Waals surface area contributed by atoms with Gasteiger partial charge in [-0.3, -0.25) is 4.99 Å². The van der Waals surface area contributed by atoms with Gasteiger partial charge in [-0.1, -0.05) is 56.7 Å². The molecule has 0 aliphatic carbocycles. The first-order valence-corrected chi connectivity index (χ1v) is 9.59. The van der Waals surface area contributed by atoms with Crippen LogP contribution in [0.15, 0.2) is 29.3 Å². The molecule has 0 fully saturated rings. The summed E-state index contributed by atoms with van der Waals surface area (Å²) >= 11 is 0. The fourth-order valence-corrected chi connectivity index (χ4v) is 4.39. The molecule has 0 N–H and O–H groups in total. The minimum Gasteiger partial charge on any atom is -0.339 e. The van der Waals surface area contributed by atoms with Crippen LogP contribution in [0, 0.1) is 0 Å². The van der Waals surface area contributed by atoms with E-state index in [9.17, 15) is 0 Å². The molecule has 0 atom stereocenters. The Hall–Kier alpha value is -1.57. The second-order valence-electron chi connectivity index (χ2n) is 7.15. The topological polar surface area (TPSA) is 17.3 Å². The van der Waals surface area contributed by atoms with E-state index >= 15 is 0 Å². The van der Waals surface area contributed by atoms with Crippen molar-refractivity contribution in [1.29, 1.82) is 0 Å². The number of para-hydroxylation sites is 1. The molecule has 0 saturated carbocycles. The van der Waals surface area contributed by atoms with Crippen molar-refractivity contribution in [2.75, 3.05) is 6.54 Å². The summed E-state index contributed by atoms with van der Waals surface area (Å²) in [6, 6.07) is 9.01. The normalized spacial score (nSPS) is 20.1. The predicted molar refractivity (Wildman–Crippen MR) is 98.6 cm³/mol. The Labute approximate surface area is 139 Å². The molecule has 23 heavy (non-hydrogen) atoms. The van der Waals surface area contributed by atoms with Gasteiger partial charge in [0.2, 0.25) is 0 Å². The molecule has 0 radical (unpaired) electrons. The van der Waals surface area contributed by atoms with E-state index in [1.165, 1.54) is 80.1 Å². The van der Waals surface area contributed by atoms with E-state index in [0.29, 0.717) is 0 Å². The predicted octanol–water partition coefficient (Wildman–Crippen LogP) is 5.51. The number of aromatic nitrogens is 1. The van der Waals surface area contributed by atoms with E-state index in [1.807, 2.05) is 0 Å². The monoisotopic (exact) mass is 308 g/mol. The van der Waals surface area contributed by atoms with Gasteiger partial charge in [0.1, 0.15) is 0 Å². The summed E-state index contributed by atoms with van der Waals surface area (Å²) < 4.78 is 2.60. The van der Waals surface area contributed by atoms with Crippen LogP contribution in [-0.2, 0) is 13.0 Å². The molecular weight excluding hydrogens is 280 g/mol. The van der Waals surface area contributed by atoms with Gasteiger partial charge in [-0.15, -0.1) is 0 Å². The number of fused-ring (bicyclic) bond motifs is 3. The molecule has 4 rings (SSSR count). The first-order chi connectivity index (χ1) is 11.4. The maximum Gasteiger partial charge on any atom is 0.0665 e. The molecule has 0 spiro atoms. The zero-order valence-electron chi connectivity index (χ0n) is 14.2. The minimum absolute atomic E-state index is 0.982. The summed E-state index contributed by atoms with van der Waals surface area (Å²) in [6.07, 6.45) is 13.3. The SMILES string of the molecule is c1ccc2c(c1)c1c3n2CCCCCCCCCCC3=NCC1. The second kappa shape index (κ2) is 6.90. The molecule has 0 saturated heterocycles. The van der Waals surface area contributed by atoms with E-state index in [2.05, 4.69) is 28.8 Å². The fraction of sp³-hybridized carbons (Fsp3) is 0.571. The minimum atomic E-state index is 0.982. The van der Waals surface area contributed by atoms with Gasteiger partial charge in [0, 0.05) is 24.0 Å². The van der Waals surface area contributed by atoms with E-state index in [4.69, 9.17) is 4.99 Å². The van der Waals surface area contributed by atoms with E-state index in [-0.39, 0.29) is 0 Å². The molecular formula is C21H28N2. The van der Waals surface area contributed by atoms with Crippen molar-refractivity contribution in [2.24, 2.45) is 4.99 Å². The number of hydrogen-bond acceptors (Lipinski definition) is 1. The number of aryl methyl sites for hydroxylation is 1. The molecule has 2 heteroatoms. The van der Waals surface area contributed by atoms with Crippen LogP contribution in [0.5, 0.6) is 0 Å². The molecule has 1 aromatic carbocycles. The third-order valence-electron chi connectivity index (χ3n) is 5.56. The lowest BCUT2D eigenvalue weighted by atomic mass is 9.98. The van der Waals surface area contributed by atoms with Gasteiger partial charge in [0.15, 0.2) is 0 Å². The molecule has 2 nitrogen and oxygen atoms in total. The average Bonchev–Trinajstić information content (AvgIpc) is 2.92. The largest absolute Gasteiger partial charge is 0.339 e. The molecule has 2 aromatic rings. The van der Waals surface area contributed by atoms with Crippen LogP contribution in [0.2, 0.25) is 0 Å². The number of aliphatic imine (C=N–C) groups is 1. The first kappa shape index (κ1) is 15.0. The van der Waals surface area contributed by atoms with Gasteiger partial charge in [0.05, 0.1) is 11.4 Å². The zero-order valence-corrected chi connectivity index (χ0v) is 14.2. The highest BCUT2D eigenvalue weighted by Crippen LogP contribution is 2.31. The highest BCUT2D eigenvalue weighted by Gasteiger charge is 2.23. The number of hydrogen-bond donors (Lipinski definition) is 0. The molecule has 3 heterocycles. The van der Waals surface area contributed by atoms with E-state index in [0.717, 1.165) is 19.5 Å². The fourth-order valence-electron chi connectivity index (χ4n) is 4.39. The molecule has 0 bridgehead atoms. The number of nitrogens with zero attached hydrogens (tertiary/aromatic N) is 2. The van der Waals surface area contributed by atoms with Crippen LogP contribution in [0.3, 0.4) is 0 Å². The van der Waals surface area contributed by atoms with Crippen LogP contribution in [-0.4, -0.2) is 16.8 Å². The van der Waals surface area contributed by atoms with Crippen LogP contribution in [0.1, 0.15) is 69.0 Å². The third-order valence-corrected chi connectivity index (χ3v) is 5.56. The lowest BCUT2D eigenvalue weighted by Crippen LogP contribution is -2.17. The highest BCUT2D eigenvalue weighted by molar-refractivity contribution is 6.06. The third kappa shape index (κ3) is 2.96. The van der Waals surface area contributed by atoms with Gasteiger partial charge >= 0.3 is 0 Å². The molecule has 2 aliphatic heterocycles. The van der Waals surface area contributed by atoms with Crippen molar-refractivity contribution in [1.82, 2.24) is 4.57 Å². The summed E-state index contributed by atoms with van der Waals surface area (Å²) in [7, 11) is 0. The van der Waals surface area contributed by atoms with Gasteiger partial charge in [-0.05, 0) is 37.3 Å². The van der Waals surface area contributed by atoms with Crippen LogP contribution < -0.4 is 0 Å². The Bertz CT molecular complexity index is 708. The second-order valence-corrected chi connectivity index (χ2v) is 7.15. The first-order valence-electron chi connectivity index (χ1n) is 9.59. The summed E-state index contributed by atoms with van der Waals surface area (Å²) in [4.78, 5) is 4.94. The summed E-state index contributed by atoms with van der Waals surface area (Å²) in [6.45, 7) is 2.14. The Morgan fingerprint density at radius 1 is 0.783 bits per heavy atom. The van der Waals surface area contributed by atoms with Gasteiger partial charge in [-0.2, -0.15) is 0 Å². The lowest BCUT2D eigenvalue weighted by molar-refractivity contribution is 0.550. The van der Waals surface area contributed by atoms with Crippen molar-refractivity contribution >= 4 is 16.6 Å². The van der Waals surface area contributed by atoms with Crippen molar-refractivity contribution in [2.45, 2.75) is 70.8 Å². The molecule has 0 amide bonds. The Balaban J connectivity index is 1.77. The maximum absolute atomic E-state index is 4.94. The smallest absolute Gasteiger partial charge is 0.0665 e. The Morgan fingerprint density at radius 2 is 1.52 bits per heavy atom. The van der Waals surface area contributed by atoms with Crippen molar-refractivity contribution < 1.29 is 0 Å². The molecule has 1 aromatic heterocycles. The van der Waals surface area contributed by atoms with Gasteiger partial charge < -0.3 is 4.57 Å². The van der Waals surface area contributed by atoms with E-state index < -0.39 is 0 Å². The van der Waals surface area contributed by atoms with Crippen molar-refractivity contribution in [3.8, 4) is 0 Å². The van der Waals surface area contributed by atoms with Gasteiger partial charge in [0.25, 0.3) is 0 Å². The van der Waals surface area contributed by atoms with Crippen molar-refractivity contribution in [3.05, 3.63) is 35.5 Å². The lowest BCUT2D eigenvalue weighted by Gasteiger charge is -2.18. The van der Waals surface area contributed by atoms with E-state index in [1.54, 1.807) is 5.56 Å². The number of rotatable bonds is 0. The zero-order chi connectivity index (χ0) is 15.5. The summed E-state index contributed by atoms with van der Waals surface area (Å²) in [5, 5.41) is 1.47. The van der Waals surface area contributed by atoms with Gasteiger partial charge in [-0.25, -0.2) is 0 Å². The molecule has 2 aliphatic rings. The van der Waals surface area contributed by atoms with Crippen LogP contribution in [0.25, 0.3) is 10.9 Å². The summed E-state index contributed by atoms with van der Waals surface area (Å²) in [5.41, 5.74) is 5.88. The standard InChI is InChI=1S/C21H28N2/c1-2-4-6-10-16-23-20-13-9-8-11-17(20)18-14-15-22-19(21(18)23)12-7-5-3-1/h8-9,11,13H,1-7,10,12,14-16H2. The number of benzene rings is 1. The Morgan fingerprint density at radius 3 is 2.39 bits per heavy atom. The maximum atomic E-state index is 4.94. The molecule has 0 unspecified atom stereocenters. The van der Waals surface area contributed by atoms with Crippen LogP contribution in [0.4, 0.5) is 0 Å².